The molecule has 0 aliphatic heterocycles. The highest BCUT2D eigenvalue weighted by molar-refractivity contribution is 4.82. The summed E-state index contributed by atoms with van der Waals surface area (Å²) in [5.41, 5.74) is 0. The van der Waals surface area contributed by atoms with Gasteiger partial charge in [-0.3, -0.25) is 0 Å². The SMILES string of the molecule is CCN(CC1CCCCC1O)C1CCCC1. The number of rotatable bonds is 4. The third kappa shape index (κ3) is 2.98. The number of hydrogen-bond donors (Lipinski definition) is 1. The Balaban J connectivity index is 1.84. The molecule has 0 bridgehead atoms. The van der Waals surface area contributed by atoms with E-state index in [9.17, 15) is 5.11 Å². The number of nitrogens with zero attached hydrogens (tertiary/aromatic N) is 1. The van der Waals surface area contributed by atoms with Crippen molar-refractivity contribution < 1.29 is 5.11 Å². The first-order valence-corrected chi connectivity index (χ1v) is 7.23. The zero-order valence-electron chi connectivity index (χ0n) is 10.7. The molecule has 2 fully saturated rings. The smallest absolute Gasteiger partial charge is 0.0580 e. The van der Waals surface area contributed by atoms with Gasteiger partial charge in [-0.2, -0.15) is 0 Å². The highest BCUT2D eigenvalue weighted by Gasteiger charge is 2.28. The molecule has 0 aromatic carbocycles. The van der Waals surface area contributed by atoms with Crippen molar-refractivity contribution >= 4 is 0 Å². The third-order valence-electron chi connectivity index (χ3n) is 4.59. The molecule has 94 valence electrons. The van der Waals surface area contributed by atoms with Gasteiger partial charge in [-0.05, 0) is 38.1 Å². The summed E-state index contributed by atoms with van der Waals surface area (Å²) in [7, 11) is 0. The van der Waals surface area contributed by atoms with Gasteiger partial charge in [0.15, 0.2) is 0 Å². The minimum atomic E-state index is -0.0239. The quantitative estimate of drug-likeness (QED) is 0.795. The topological polar surface area (TPSA) is 23.5 Å². The summed E-state index contributed by atoms with van der Waals surface area (Å²) in [6.45, 7) is 4.57. The molecule has 2 rings (SSSR count). The number of aliphatic hydroxyl groups excluding tert-OH is 1. The van der Waals surface area contributed by atoms with Crippen LogP contribution in [0.4, 0.5) is 0 Å². The summed E-state index contributed by atoms with van der Waals surface area (Å²) in [5, 5.41) is 10.0. The second kappa shape index (κ2) is 6.02. The highest BCUT2D eigenvalue weighted by atomic mass is 16.3. The summed E-state index contributed by atoms with van der Waals surface area (Å²) in [4.78, 5) is 2.63. The Hall–Kier alpha value is -0.0800. The molecule has 2 aliphatic rings. The minimum absolute atomic E-state index is 0.0239. The molecule has 2 unspecified atom stereocenters. The van der Waals surface area contributed by atoms with E-state index in [1.165, 1.54) is 44.9 Å². The summed E-state index contributed by atoms with van der Waals surface area (Å²) in [6.07, 6.45) is 10.4. The molecular formula is C14H27NO. The lowest BCUT2D eigenvalue weighted by atomic mass is 9.86. The van der Waals surface area contributed by atoms with Crippen LogP contribution < -0.4 is 0 Å². The first-order valence-electron chi connectivity index (χ1n) is 7.23. The van der Waals surface area contributed by atoms with E-state index in [1.807, 2.05) is 0 Å². The van der Waals surface area contributed by atoms with E-state index in [0.717, 1.165) is 25.6 Å². The molecule has 0 spiro atoms. The van der Waals surface area contributed by atoms with Gasteiger partial charge in [0.05, 0.1) is 6.10 Å². The van der Waals surface area contributed by atoms with Gasteiger partial charge in [0, 0.05) is 12.6 Å². The lowest BCUT2D eigenvalue weighted by molar-refractivity contribution is 0.0380. The zero-order valence-corrected chi connectivity index (χ0v) is 10.7. The first-order chi connectivity index (χ1) is 7.81. The molecule has 0 aromatic rings. The Kier molecular flexibility index (Phi) is 4.66. The van der Waals surface area contributed by atoms with Gasteiger partial charge in [0.25, 0.3) is 0 Å². The van der Waals surface area contributed by atoms with E-state index < -0.39 is 0 Å². The number of aliphatic hydroxyl groups is 1. The van der Waals surface area contributed by atoms with Crippen LogP contribution in [0.2, 0.25) is 0 Å². The molecule has 0 saturated heterocycles. The van der Waals surface area contributed by atoms with Crippen LogP contribution in [0.1, 0.15) is 58.3 Å². The van der Waals surface area contributed by atoms with E-state index in [1.54, 1.807) is 0 Å². The van der Waals surface area contributed by atoms with Gasteiger partial charge >= 0.3 is 0 Å². The maximum atomic E-state index is 10.0. The average molecular weight is 225 g/mol. The van der Waals surface area contributed by atoms with Crippen LogP contribution in [-0.2, 0) is 0 Å². The lowest BCUT2D eigenvalue weighted by Crippen LogP contribution is -2.41. The van der Waals surface area contributed by atoms with E-state index in [4.69, 9.17) is 0 Å². The normalized spacial score (nSPS) is 32.4. The van der Waals surface area contributed by atoms with Crippen molar-refractivity contribution in [2.75, 3.05) is 13.1 Å². The Bertz CT molecular complexity index is 201. The van der Waals surface area contributed by atoms with Crippen molar-refractivity contribution in [3.05, 3.63) is 0 Å². The molecule has 2 saturated carbocycles. The lowest BCUT2D eigenvalue weighted by Gasteiger charge is -2.35. The summed E-state index contributed by atoms with van der Waals surface area (Å²) >= 11 is 0. The van der Waals surface area contributed by atoms with Crippen LogP contribution >= 0.6 is 0 Å². The second-order valence-corrected chi connectivity index (χ2v) is 5.64. The van der Waals surface area contributed by atoms with Crippen molar-refractivity contribution in [1.29, 1.82) is 0 Å². The highest BCUT2D eigenvalue weighted by Crippen LogP contribution is 2.29. The van der Waals surface area contributed by atoms with Crippen molar-refractivity contribution in [3.63, 3.8) is 0 Å². The molecule has 2 nitrogen and oxygen atoms in total. The van der Waals surface area contributed by atoms with E-state index in [0.29, 0.717) is 5.92 Å². The summed E-state index contributed by atoms with van der Waals surface area (Å²) in [6, 6.07) is 0.819. The van der Waals surface area contributed by atoms with Crippen LogP contribution in [0.15, 0.2) is 0 Å². The monoisotopic (exact) mass is 225 g/mol. The van der Waals surface area contributed by atoms with Gasteiger partial charge in [0.2, 0.25) is 0 Å². The Morgan fingerprint density at radius 2 is 1.62 bits per heavy atom. The van der Waals surface area contributed by atoms with Gasteiger partial charge < -0.3 is 10.0 Å². The molecule has 0 amide bonds. The second-order valence-electron chi connectivity index (χ2n) is 5.64. The molecule has 0 radical (unpaired) electrons. The van der Waals surface area contributed by atoms with Crippen LogP contribution in [0.3, 0.4) is 0 Å². The molecule has 16 heavy (non-hydrogen) atoms. The molecular weight excluding hydrogens is 198 g/mol. The first kappa shape index (κ1) is 12.4. The average Bonchev–Trinajstić information content (AvgIpc) is 2.81. The minimum Gasteiger partial charge on any atom is -0.393 e. The fourth-order valence-electron chi connectivity index (χ4n) is 3.51. The van der Waals surface area contributed by atoms with Crippen molar-refractivity contribution in [1.82, 2.24) is 4.90 Å². The predicted octanol–water partition coefficient (Wildman–Crippen LogP) is 2.80. The zero-order chi connectivity index (χ0) is 11.4. The van der Waals surface area contributed by atoms with Gasteiger partial charge in [-0.25, -0.2) is 0 Å². The van der Waals surface area contributed by atoms with Crippen LogP contribution in [0.25, 0.3) is 0 Å². The van der Waals surface area contributed by atoms with Gasteiger partial charge in [-0.1, -0.05) is 32.6 Å². The summed E-state index contributed by atoms with van der Waals surface area (Å²) in [5.74, 6) is 0.550. The maximum absolute atomic E-state index is 10.0. The fraction of sp³-hybridized carbons (Fsp3) is 1.00. The van der Waals surface area contributed by atoms with Gasteiger partial charge in [0.1, 0.15) is 0 Å². The van der Waals surface area contributed by atoms with E-state index >= 15 is 0 Å². The largest absolute Gasteiger partial charge is 0.393 e. The van der Waals surface area contributed by atoms with Crippen molar-refractivity contribution in [3.8, 4) is 0 Å². The standard InChI is InChI=1S/C14H27NO/c1-2-15(13-8-4-5-9-13)11-12-7-3-6-10-14(12)16/h12-14,16H,2-11H2,1H3. The summed E-state index contributed by atoms with van der Waals surface area (Å²) < 4.78 is 0. The third-order valence-corrected chi connectivity index (χ3v) is 4.59. The fourth-order valence-corrected chi connectivity index (χ4v) is 3.51. The van der Waals surface area contributed by atoms with Crippen LogP contribution in [0, 0.1) is 5.92 Å². The maximum Gasteiger partial charge on any atom is 0.0580 e. The molecule has 2 atom stereocenters. The Labute approximate surface area is 100 Å². The van der Waals surface area contributed by atoms with Gasteiger partial charge in [-0.15, -0.1) is 0 Å². The van der Waals surface area contributed by atoms with Crippen LogP contribution in [0.5, 0.6) is 0 Å². The Morgan fingerprint density at radius 1 is 1.00 bits per heavy atom. The molecule has 0 heterocycles. The number of hydrogen-bond acceptors (Lipinski definition) is 2. The predicted molar refractivity (Wildman–Crippen MR) is 67.5 cm³/mol. The Morgan fingerprint density at radius 3 is 2.25 bits per heavy atom. The van der Waals surface area contributed by atoms with Crippen molar-refractivity contribution in [2.24, 2.45) is 5.92 Å². The van der Waals surface area contributed by atoms with Crippen LogP contribution in [-0.4, -0.2) is 35.2 Å². The molecule has 2 heteroatoms. The van der Waals surface area contributed by atoms with Crippen molar-refractivity contribution in [2.45, 2.75) is 70.4 Å². The van der Waals surface area contributed by atoms with E-state index in [-0.39, 0.29) is 6.10 Å². The molecule has 0 aromatic heterocycles. The molecule has 1 N–H and O–H groups in total. The molecule has 2 aliphatic carbocycles. The van der Waals surface area contributed by atoms with E-state index in [2.05, 4.69) is 11.8 Å².